The van der Waals surface area contributed by atoms with E-state index in [1.807, 2.05) is 6.92 Å². The number of pyridine rings is 1. The molecular weight excluding hydrogens is 208 g/mol. The van der Waals surface area contributed by atoms with Gasteiger partial charge in [0.2, 0.25) is 0 Å². The molecule has 1 aromatic heterocycles. The maximum absolute atomic E-state index is 10.5. The average molecular weight is 222 g/mol. The van der Waals surface area contributed by atoms with Crippen LogP contribution in [0.3, 0.4) is 0 Å². The van der Waals surface area contributed by atoms with Crippen molar-refractivity contribution in [2.24, 2.45) is 0 Å². The Labute approximate surface area is 93.2 Å². The van der Waals surface area contributed by atoms with E-state index in [2.05, 4.69) is 15.6 Å². The van der Waals surface area contributed by atoms with Crippen LogP contribution in [0.25, 0.3) is 0 Å². The van der Waals surface area contributed by atoms with Crippen molar-refractivity contribution in [1.29, 1.82) is 0 Å². The van der Waals surface area contributed by atoms with Gasteiger partial charge in [-0.15, -0.1) is 0 Å². The zero-order valence-corrected chi connectivity index (χ0v) is 9.06. The summed E-state index contributed by atoms with van der Waals surface area (Å²) in [6.45, 7) is 3.74. The first-order valence-corrected chi connectivity index (χ1v) is 5.25. The molecule has 1 aliphatic rings. The SMILES string of the molecule is Cc1cc([N+](=O)[O-])cnc1NC1CCNC1. The molecule has 16 heavy (non-hydrogen) atoms. The normalized spacial score (nSPS) is 19.7. The lowest BCUT2D eigenvalue weighted by Crippen LogP contribution is -2.23. The molecule has 1 aliphatic heterocycles. The lowest BCUT2D eigenvalue weighted by molar-refractivity contribution is -0.385. The zero-order valence-electron chi connectivity index (χ0n) is 9.06. The molecule has 2 rings (SSSR count). The van der Waals surface area contributed by atoms with Gasteiger partial charge in [-0.05, 0) is 25.5 Å². The third kappa shape index (κ3) is 2.27. The monoisotopic (exact) mass is 222 g/mol. The highest BCUT2D eigenvalue weighted by Crippen LogP contribution is 2.19. The second-order valence-electron chi connectivity index (χ2n) is 3.95. The van der Waals surface area contributed by atoms with Gasteiger partial charge in [-0.2, -0.15) is 0 Å². The van der Waals surface area contributed by atoms with E-state index in [-0.39, 0.29) is 5.69 Å². The summed E-state index contributed by atoms with van der Waals surface area (Å²) < 4.78 is 0. The molecule has 6 heteroatoms. The van der Waals surface area contributed by atoms with Crippen LogP contribution in [0.1, 0.15) is 12.0 Å². The summed E-state index contributed by atoms with van der Waals surface area (Å²) in [6.07, 6.45) is 2.34. The van der Waals surface area contributed by atoms with Crippen molar-refractivity contribution in [3.05, 3.63) is 27.9 Å². The summed E-state index contributed by atoms with van der Waals surface area (Å²) in [4.78, 5) is 14.2. The average Bonchev–Trinajstić information content (AvgIpc) is 2.73. The van der Waals surface area contributed by atoms with Gasteiger partial charge in [-0.25, -0.2) is 4.98 Å². The van der Waals surface area contributed by atoms with E-state index in [0.717, 1.165) is 30.9 Å². The van der Waals surface area contributed by atoms with E-state index in [0.29, 0.717) is 6.04 Å². The molecule has 0 bridgehead atoms. The predicted molar refractivity (Wildman–Crippen MR) is 60.5 cm³/mol. The summed E-state index contributed by atoms with van der Waals surface area (Å²) in [5.41, 5.74) is 0.841. The van der Waals surface area contributed by atoms with Crippen LogP contribution in [0.5, 0.6) is 0 Å². The maximum Gasteiger partial charge on any atom is 0.287 e. The van der Waals surface area contributed by atoms with Crippen molar-refractivity contribution in [3.8, 4) is 0 Å². The number of nitrogens with one attached hydrogen (secondary N) is 2. The van der Waals surface area contributed by atoms with Gasteiger partial charge in [-0.1, -0.05) is 0 Å². The molecule has 0 radical (unpaired) electrons. The molecule has 0 aromatic carbocycles. The Morgan fingerprint density at radius 1 is 1.69 bits per heavy atom. The van der Waals surface area contributed by atoms with Gasteiger partial charge in [-0.3, -0.25) is 10.1 Å². The molecule has 2 heterocycles. The van der Waals surface area contributed by atoms with E-state index in [1.54, 1.807) is 0 Å². The molecule has 0 amide bonds. The third-order valence-corrected chi connectivity index (χ3v) is 2.68. The van der Waals surface area contributed by atoms with Crippen LogP contribution in [0.4, 0.5) is 11.5 Å². The number of nitrogens with zero attached hydrogens (tertiary/aromatic N) is 2. The van der Waals surface area contributed by atoms with E-state index in [1.165, 1.54) is 12.3 Å². The fraction of sp³-hybridized carbons (Fsp3) is 0.500. The third-order valence-electron chi connectivity index (χ3n) is 2.68. The minimum atomic E-state index is -0.430. The Kier molecular flexibility index (Phi) is 3.00. The minimum absolute atomic E-state index is 0.0348. The van der Waals surface area contributed by atoms with E-state index in [9.17, 15) is 10.1 Å². The van der Waals surface area contributed by atoms with Gasteiger partial charge in [0.15, 0.2) is 0 Å². The molecule has 1 unspecified atom stereocenters. The molecule has 0 spiro atoms. The number of hydrogen-bond acceptors (Lipinski definition) is 5. The summed E-state index contributed by atoms with van der Waals surface area (Å²) in [6, 6.07) is 1.91. The van der Waals surface area contributed by atoms with Crippen molar-refractivity contribution in [3.63, 3.8) is 0 Å². The minimum Gasteiger partial charge on any atom is -0.366 e. The Balaban J connectivity index is 2.12. The fourth-order valence-corrected chi connectivity index (χ4v) is 1.78. The highest BCUT2D eigenvalue weighted by Gasteiger charge is 2.16. The first-order valence-electron chi connectivity index (χ1n) is 5.25. The summed E-state index contributed by atoms with van der Waals surface area (Å²) in [7, 11) is 0. The maximum atomic E-state index is 10.5. The van der Waals surface area contributed by atoms with Crippen molar-refractivity contribution in [1.82, 2.24) is 10.3 Å². The smallest absolute Gasteiger partial charge is 0.287 e. The van der Waals surface area contributed by atoms with Crippen molar-refractivity contribution < 1.29 is 4.92 Å². The molecule has 1 fully saturated rings. The molecule has 0 saturated carbocycles. The molecule has 6 nitrogen and oxygen atoms in total. The van der Waals surface area contributed by atoms with Crippen LogP contribution in [0.2, 0.25) is 0 Å². The zero-order chi connectivity index (χ0) is 11.5. The van der Waals surface area contributed by atoms with Crippen molar-refractivity contribution >= 4 is 11.5 Å². The van der Waals surface area contributed by atoms with Gasteiger partial charge >= 0.3 is 0 Å². The second kappa shape index (κ2) is 4.44. The molecule has 1 atom stereocenters. The fourth-order valence-electron chi connectivity index (χ4n) is 1.78. The Bertz CT molecular complexity index is 402. The number of anilines is 1. The molecule has 2 N–H and O–H groups in total. The molecule has 86 valence electrons. The number of aryl methyl sites for hydroxylation is 1. The van der Waals surface area contributed by atoms with Crippen LogP contribution in [0, 0.1) is 17.0 Å². The highest BCUT2D eigenvalue weighted by molar-refractivity contribution is 5.48. The van der Waals surface area contributed by atoms with E-state index >= 15 is 0 Å². The first-order chi connectivity index (χ1) is 7.66. The van der Waals surface area contributed by atoms with Crippen LogP contribution >= 0.6 is 0 Å². The molecule has 0 aliphatic carbocycles. The van der Waals surface area contributed by atoms with Crippen LogP contribution < -0.4 is 10.6 Å². The summed E-state index contributed by atoms with van der Waals surface area (Å²) >= 11 is 0. The topological polar surface area (TPSA) is 80.1 Å². The molecule has 1 aromatic rings. The van der Waals surface area contributed by atoms with Gasteiger partial charge in [0, 0.05) is 18.7 Å². The predicted octanol–water partition coefficient (Wildman–Crippen LogP) is 1.07. The Morgan fingerprint density at radius 3 is 3.06 bits per heavy atom. The molecular formula is C10H14N4O2. The van der Waals surface area contributed by atoms with Crippen LogP contribution in [-0.2, 0) is 0 Å². The van der Waals surface area contributed by atoms with Crippen molar-refractivity contribution in [2.75, 3.05) is 18.4 Å². The number of nitro groups is 1. The van der Waals surface area contributed by atoms with Gasteiger partial charge in [0.05, 0.1) is 4.92 Å². The Morgan fingerprint density at radius 2 is 2.50 bits per heavy atom. The first kappa shape index (κ1) is 10.8. The van der Waals surface area contributed by atoms with Crippen LogP contribution in [0.15, 0.2) is 12.3 Å². The highest BCUT2D eigenvalue weighted by atomic mass is 16.6. The standard InChI is InChI=1S/C10H14N4O2/c1-7-4-9(14(15)16)6-12-10(7)13-8-2-3-11-5-8/h4,6,8,11H,2-3,5H2,1H3,(H,12,13). The van der Waals surface area contributed by atoms with E-state index < -0.39 is 4.92 Å². The summed E-state index contributed by atoms with van der Waals surface area (Å²) in [5, 5.41) is 17.1. The van der Waals surface area contributed by atoms with E-state index in [4.69, 9.17) is 0 Å². The quantitative estimate of drug-likeness (QED) is 0.590. The second-order valence-corrected chi connectivity index (χ2v) is 3.95. The lowest BCUT2D eigenvalue weighted by Gasteiger charge is -2.13. The number of aromatic nitrogens is 1. The van der Waals surface area contributed by atoms with Gasteiger partial charge < -0.3 is 10.6 Å². The largest absolute Gasteiger partial charge is 0.366 e. The van der Waals surface area contributed by atoms with Gasteiger partial charge in [0.1, 0.15) is 12.0 Å². The number of rotatable bonds is 3. The van der Waals surface area contributed by atoms with Crippen LogP contribution in [-0.4, -0.2) is 29.0 Å². The van der Waals surface area contributed by atoms with Gasteiger partial charge in [0.25, 0.3) is 5.69 Å². The molecule has 1 saturated heterocycles. The Hall–Kier alpha value is -1.69. The summed E-state index contributed by atoms with van der Waals surface area (Å²) in [5.74, 6) is 0.735. The lowest BCUT2D eigenvalue weighted by atomic mass is 10.2. The number of hydrogen-bond donors (Lipinski definition) is 2. The van der Waals surface area contributed by atoms with Crippen molar-refractivity contribution in [2.45, 2.75) is 19.4 Å².